The molecule has 0 aromatic heterocycles. The molecule has 5 heteroatoms. The summed E-state index contributed by atoms with van der Waals surface area (Å²) >= 11 is 0. The van der Waals surface area contributed by atoms with Gasteiger partial charge in [0.1, 0.15) is 0 Å². The van der Waals surface area contributed by atoms with E-state index in [0.29, 0.717) is 18.4 Å². The molecule has 1 aliphatic heterocycles. The largest absolute Gasteiger partial charge is 0.373 e. The molecule has 2 rings (SSSR count). The molecule has 23 heavy (non-hydrogen) atoms. The van der Waals surface area contributed by atoms with Crippen LogP contribution in [0, 0.1) is 12.8 Å². The summed E-state index contributed by atoms with van der Waals surface area (Å²) in [6.07, 6.45) is 2.35. The van der Waals surface area contributed by atoms with E-state index in [0.717, 1.165) is 19.4 Å². The van der Waals surface area contributed by atoms with E-state index in [1.165, 1.54) is 11.1 Å². The lowest BCUT2D eigenvalue weighted by Crippen LogP contribution is -2.45. The molecule has 0 bridgehead atoms. The molecule has 1 aliphatic rings. The van der Waals surface area contributed by atoms with Crippen LogP contribution >= 0.6 is 24.0 Å². The lowest BCUT2D eigenvalue weighted by Gasteiger charge is -2.31. The van der Waals surface area contributed by atoms with Crippen molar-refractivity contribution in [1.29, 1.82) is 0 Å². The van der Waals surface area contributed by atoms with Crippen LogP contribution in [0.5, 0.6) is 0 Å². The molecule has 1 saturated heterocycles. The number of aliphatic imine (C=N–C) groups is 1. The van der Waals surface area contributed by atoms with E-state index in [-0.39, 0.29) is 35.6 Å². The van der Waals surface area contributed by atoms with Gasteiger partial charge < -0.3 is 15.8 Å². The lowest BCUT2D eigenvalue weighted by molar-refractivity contribution is -0.0250. The number of guanidine groups is 1. The molecule has 0 saturated carbocycles. The number of aryl methyl sites for hydroxylation is 1. The molecule has 1 heterocycles. The maximum atomic E-state index is 6.02. The van der Waals surface area contributed by atoms with E-state index in [1.807, 2.05) is 0 Å². The second-order valence-electron chi connectivity index (χ2n) is 7.21. The lowest BCUT2D eigenvalue weighted by atomic mass is 9.89. The van der Waals surface area contributed by atoms with Crippen molar-refractivity contribution in [3.63, 3.8) is 0 Å². The average Bonchev–Trinajstić information content (AvgIpc) is 2.45. The van der Waals surface area contributed by atoms with E-state index < -0.39 is 0 Å². The number of halogens is 1. The third-order valence-electron chi connectivity index (χ3n) is 3.85. The molecule has 2 atom stereocenters. The highest BCUT2D eigenvalue weighted by atomic mass is 127. The van der Waals surface area contributed by atoms with Crippen molar-refractivity contribution in [2.45, 2.75) is 52.2 Å². The van der Waals surface area contributed by atoms with Crippen LogP contribution in [-0.4, -0.2) is 24.7 Å². The highest BCUT2D eigenvalue weighted by Gasteiger charge is 2.27. The first-order valence-corrected chi connectivity index (χ1v) is 8.11. The van der Waals surface area contributed by atoms with Crippen LogP contribution in [-0.2, 0) is 4.74 Å². The zero-order chi connectivity index (χ0) is 16.2. The zero-order valence-corrected chi connectivity index (χ0v) is 17.0. The Bertz CT molecular complexity index is 508. The van der Waals surface area contributed by atoms with Gasteiger partial charge in [-0.1, -0.05) is 29.8 Å². The van der Waals surface area contributed by atoms with Crippen LogP contribution in [0.3, 0.4) is 0 Å². The molecule has 2 unspecified atom stereocenters. The van der Waals surface area contributed by atoms with Crippen LogP contribution in [0.2, 0.25) is 0 Å². The molecule has 1 aromatic carbocycles. The summed E-state index contributed by atoms with van der Waals surface area (Å²) in [6.45, 7) is 9.87. The maximum Gasteiger partial charge on any atom is 0.188 e. The number of benzene rings is 1. The van der Waals surface area contributed by atoms with E-state index in [2.05, 4.69) is 62.3 Å². The standard InChI is InChI=1S/C18H29N3O.HI/c1-13-7-9-14(10-8-13)16-15(6-5-11-22-16)12-20-17(19)21-18(2,3)4;/h7-10,15-16H,5-6,11-12H2,1-4H3,(H3,19,20,21);1H. The van der Waals surface area contributed by atoms with Crippen molar-refractivity contribution in [2.24, 2.45) is 16.6 Å². The molecule has 4 nitrogen and oxygen atoms in total. The Kier molecular flexibility index (Phi) is 7.80. The third-order valence-corrected chi connectivity index (χ3v) is 3.85. The molecule has 0 aliphatic carbocycles. The highest BCUT2D eigenvalue weighted by Crippen LogP contribution is 2.33. The number of hydrogen-bond acceptors (Lipinski definition) is 2. The van der Waals surface area contributed by atoms with Gasteiger partial charge in [0.05, 0.1) is 6.10 Å². The number of nitrogens with zero attached hydrogens (tertiary/aromatic N) is 1. The first kappa shape index (κ1) is 20.2. The zero-order valence-electron chi connectivity index (χ0n) is 14.6. The Morgan fingerprint density at radius 3 is 2.57 bits per heavy atom. The van der Waals surface area contributed by atoms with Gasteiger partial charge in [-0.2, -0.15) is 0 Å². The predicted molar refractivity (Wildman–Crippen MR) is 107 cm³/mol. The van der Waals surface area contributed by atoms with Crippen LogP contribution in [0.4, 0.5) is 0 Å². The minimum Gasteiger partial charge on any atom is -0.373 e. The van der Waals surface area contributed by atoms with E-state index >= 15 is 0 Å². The van der Waals surface area contributed by atoms with E-state index in [1.54, 1.807) is 0 Å². The van der Waals surface area contributed by atoms with Gasteiger partial charge in [0.25, 0.3) is 0 Å². The second kappa shape index (κ2) is 8.87. The highest BCUT2D eigenvalue weighted by molar-refractivity contribution is 14.0. The molecule has 3 N–H and O–H groups in total. The monoisotopic (exact) mass is 431 g/mol. The van der Waals surface area contributed by atoms with Crippen LogP contribution in [0.25, 0.3) is 0 Å². The summed E-state index contributed by atoms with van der Waals surface area (Å²) in [7, 11) is 0. The van der Waals surface area contributed by atoms with Gasteiger partial charge in [0.15, 0.2) is 5.96 Å². The van der Waals surface area contributed by atoms with Crippen molar-refractivity contribution in [2.75, 3.05) is 13.2 Å². The fourth-order valence-electron chi connectivity index (χ4n) is 2.79. The summed E-state index contributed by atoms with van der Waals surface area (Å²) in [5.74, 6) is 0.900. The summed E-state index contributed by atoms with van der Waals surface area (Å²) < 4.78 is 6.02. The number of hydrogen-bond donors (Lipinski definition) is 2. The molecular weight excluding hydrogens is 401 g/mol. The molecule has 130 valence electrons. The smallest absolute Gasteiger partial charge is 0.188 e. The van der Waals surface area contributed by atoms with Gasteiger partial charge in [-0.15, -0.1) is 24.0 Å². The normalized spacial score (nSPS) is 22.3. The Morgan fingerprint density at radius 2 is 1.96 bits per heavy atom. The van der Waals surface area contributed by atoms with Gasteiger partial charge in [0.2, 0.25) is 0 Å². The first-order chi connectivity index (χ1) is 10.3. The number of ether oxygens (including phenoxy) is 1. The van der Waals surface area contributed by atoms with Crippen LogP contribution in [0.1, 0.15) is 50.8 Å². The topological polar surface area (TPSA) is 59.6 Å². The molecule has 0 radical (unpaired) electrons. The van der Waals surface area contributed by atoms with Crippen LogP contribution in [0.15, 0.2) is 29.3 Å². The second-order valence-corrected chi connectivity index (χ2v) is 7.21. The number of nitrogens with one attached hydrogen (secondary N) is 1. The van der Waals surface area contributed by atoms with Gasteiger partial charge in [-0.3, -0.25) is 4.99 Å². The fourth-order valence-corrected chi connectivity index (χ4v) is 2.79. The van der Waals surface area contributed by atoms with Crippen molar-refractivity contribution < 1.29 is 4.74 Å². The van der Waals surface area contributed by atoms with Gasteiger partial charge >= 0.3 is 0 Å². The minimum absolute atomic E-state index is 0. The van der Waals surface area contributed by atoms with E-state index in [4.69, 9.17) is 10.5 Å². The Labute approximate surface area is 157 Å². The van der Waals surface area contributed by atoms with Crippen LogP contribution < -0.4 is 11.1 Å². The summed E-state index contributed by atoms with van der Waals surface area (Å²) in [5, 5.41) is 3.21. The maximum absolute atomic E-state index is 6.02. The Hall–Kier alpha value is -0.820. The molecule has 1 aromatic rings. The number of rotatable bonds is 3. The fraction of sp³-hybridized carbons (Fsp3) is 0.611. The van der Waals surface area contributed by atoms with Gasteiger partial charge in [-0.05, 0) is 46.1 Å². The molecule has 0 spiro atoms. The quantitative estimate of drug-likeness (QED) is 0.435. The van der Waals surface area contributed by atoms with Crippen molar-refractivity contribution in [3.8, 4) is 0 Å². The summed E-state index contributed by atoms with van der Waals surface area (Å²) in [6, 6.07) is 8.61. The number of nitrogens with two attached hydrogens (primary N) is 1. The molecular formula is C18H30IN3O. The summed E-state index contributed by atoms with van der Waals surface area (Å²) in [4.78, 5) is 4.53. The van der Waals surface area contributed by atoms with Gasteiger partial charge in [0, 0.05) is 24.6 Å². The minimum atomic E-state index is -0.0625. The van der Waals surface area contributed by atoms with Crippen molar-refractivity contribution >= 4 is 29.9 Å². The SMILES string of the molecule is Cc1ccc(C2OCCCC2CN=C(N)NC(C)(C)C)cc1.I. The van der Waals surface area contributed by atoms with E-state index in [9.17, 15) is 0 Å². The van der Waals surface area contributed by atoms with Crippen molar-refractivity contribution in [3.05, 3.63) is 35.4 Å². The molecule has 0 amide bonds. The van der Waals surface area contributed by atoms with Crippen molar-refractivity contribution in [1.82, 2.24) is 5.32 Å². The Morgan fingerprint density at radius 1 is 1.30 bits per heavy atom. The predicted octanol–water partition coefficient (Wildman–Crippen LogP) is 3.78. The summed E-state index contributed by atoms with van der Waals surface area (Å²) in [5.41, 5.74) is 8.43. The average molecular weight is 431 g/mol. The molecule has 1 fully saturated rings. The first-order valence-electron chi connectivity index (χ1n) is 8.11. The Balaban J connectivity index is 0.00000264. The van der Waals surface area contributed by atoms with Gasteiger partial charge in [-0.25, -0.2) is 0 Å². The third kappa shape index (κ3) is 6.67.